The molecule has 4 heteroatoms. The fourth-order valence-electron chi connectivity index (χ4n) is 6.29. The van der Waals surface area contributed by atoms with Crippen molar-refractivity contribution in [1.82, 2.24) is 9.80 Å². The molecule has 0 saturated carbocycles. The maximum absolute atomic E-state index is 12.0. The van der Waals surface area contributed by atoms with Crippen LogP contribution in [0.15, 0.2) is 60.7 Å². The molecule has 2 saturated heterocycles. The lowest BCUT2D eigenvalue weighted by atomic mass is 9.87. The number of carboxylic acid groups (broad SMARTS) is 1. The fraction of sp³-hybridized carbons (Fsp3) is 0.567. The van der Waals surface area contributed by atoms with Crippen molar-refractivity contribution in [3.05, 3.63) is 71.8 Å². The highest BCUT2D eigenvalue weighted by Gasteiger charge is 2.41. The molecule has 2 aromatic carbocycles. The van der Waals surface area contributed by atoms with Gasteiger partial charge in [-0.3, -0.25) is 9.69 Å². The molecule has 2 fully saturated rings. The van der Waals surface area contributed by atoms with Gasteiger partial charge < -0.3 is 10.0 Å². The van der Waals surface area contributed by atoms with Crippen molar-refractivity contribution in [3.63, 3.8) is 0 Å². The Morgan fingerprint density at radius 3 is 2.24 bits per heavy atom. The molecule has 2 aliphatic rings. The van der Waals surface area contributed by atoms with Gasteiger partial charge in [0.2, 0.25) is 0 Å². The molecule has 2 aromatic rings. The maximum atomic E-state index is 12.0. The number of aliphatic carboxylic acids is 1. The molecule has 0 amide bonds. The number of piperidine rings is 1. The zero-order chi connectivity index (χ0) is 23.9. The van der Waals surface area contributed by atoms with Crippen LogP contribution in [-0.2, 0) is 11.2 Å². The Hall–Kier alpha value is -2.17. The van der Waals surface area contributed by atoms with Crippen molar-refractivity contribution in [3.8, 4) is 0 Å². The van der Waals surface area contributed by atoms with Crippen LogP contribution in [0.5, 0.6) is 0 Å². The topological polar surface area (TPSA) is 43.8 Å². The van der Waals surface area contributed by atoms with Crippen molar-refractivity contribution < 1.29 is 9.90 Å². The Bertz CT molecular complexity index is 877. The van der Waals surface area contributed by atoms with Gasteiger partial charge in [-0.25, -0.2) is 0 Å². The van der Waals surface area contributed by atoms with Crippen molar-refractivity contribution >= 4 is 5.97 Å². The highest BCUT2D eigenvalue weighted by Crippen LogP contribution is 2.36. The predicted octanol–water partition coefficient (Wildman–Crippen LogP) is 5.55. The van der Waals surface area contributed by atoms with E-state index in [1.54, 1.807) is 0 Å². The van der Waals surface area contributed by atoms with E-state index in [4.69, 9.17) is 0 Å². The Balaban J connectivity index is 1.31. The lowest BCUT2D eigenvalue weighted by Gasteiger charge is -2.35. The lowest BCUT2D eigenvalue weighted by molar-refractivity contribution is -0.144. The number of nitrogens with zero attached hydrogens (tertiary/aromatic N) is 2. The molecule has 0 aromatic heterocycles. The average molecular weight is 463 g/mol. The number of carboxylic acids is 1. The maximum Gasteiger partial charge on any atom is 0.321 e. The van der Waals surface area contributed by atoms with Crippen molar-refractivity contribution in [2.24, 2.45) is 17.8 Å². The zero-order valence-corrected chi connectivity index (χ0v) is 21.0. The molecule has 4 rings (SSSR count). The molecule has 3 atom stereocenters. The van der Waals surface area contributed by atoms with Gasteiger partial charge in [-0.15, -0.1) is 0 Å². The second kappa shape index (κ2) is 12.0. The van der Waals surface area contributed by atoms with Crippen LogP contribution >= 0.6 is 0 Å². The van der Waals surface area contributed by atoms with Crippen LogP contribution in [0.3, 0.4) is 0 Å². The zero-order valence-electron chi connectivity index (χ0n) is 21.0. The van der Waals surface area contributed by atoms with Gasteiger partial charge in [-0.1, -0.05) is 80.9 Å². The lowest BCUT2D eigenvalue weighted by Crippen LogP contribution is -2.44. The highest BCUT2D eigenvalue weighted by molar-refractivity contribution is 5.73. The summed E-state index contributed by atoms with van der Waals surface area (Å²) in [5.41, 5.74) is 2.82. The third-order valence-electron chi connectivity index (χ3n) is 8.10. The molecule has 2 aliphatic heterocycles. The normalized spacial score (nSPS) is 23.4. The molecular weight excluding hydrogens is 420 g/mol. The van der Waals surface area contributed by atoms with Crippen molar-refractivity contribution in [2.75, 3.05) is 32.7 Å². The third kappa shape index (κ3) is 6.49. The van der Waals surface area contributed by atoms with E-state index in [9.17, 15) is 9.90 Å². The standard InChI is InChI=1S/C30H42N2O2/c1-23(2)29(30(33)34)32-21-27(28(22-32)26-14-7-4-8-15-26)20-31-18-16-25(17-19-31)13-9-12-24-10-5-3-6-11-24/h3-8,10-11,14-15,23,25,27-29H,9,12-13,16-22H2,1-2H3,(H,33,34). The average Bonchev–Trinajstić information content (AvgIpc) is 3.24. The Kier molecular flexibility index (Phi) is 8.80. The number of likely N-dealkylation sites (tertiary alicyclic amines) is 2. The van der Waals surface area contributed by atoms with E-state index in [1.165, 1.54) is 56.3 Å². The predicted molar refractivity (Wildman–Crippen MR) is 139 cm³/mol. The number of hydrogen-bond acceptors (Lipinski definition) is 3. The van der Waals surface area contributed by atoms with Gasteiger partial charge in [0.15, 0.2) is 0 Å². The van der Waals surface area contributed by atoms with Gasteiger partial charge >= 0.3 is 5.97 Å². The minimum Gasteiger partial charge on any atom is -0.480 e. The largest absolute Gasteiger partial charge is 0.480 e. The minimum atomic E-state index is -0.682. The summed E-state index contributed by atoms with van der Waals surface area (Å²) in [6.07, 6.45) is 6.41. The molecule has 0 radical (unpaired) electrons. The smallest absolute Gasteiger partial charge is 0.321 e. The van der Waals surface area contributed by atoms with E-state index >= 15 is 0 Å². The van der Waals surface area contributed by atoms with Gasteiger partial charge in [0.25, 0.3) is 0 Å². The van der Waals surface area contributed by atoms with Gasteiger partial charge in [-0.05, 0) is 67.7 Å². The monoisotopic (exact) mass is 462 g/mol. The second-order valence-electron chi connectivity index (χ2n) is 10.9. The van der Waals surface area contributed by atoms with Gasteiger partial charge in [0.1, 0.15) is 6.04 Å². The first-order valence-corrected chi connectivity index (χ1v) is 13.3. The third-order valence-corrected chi connectivity index (χ3v) is 8.10. The first-order valence-electron chi connectivity index (χ1n) is 13.3. The number of hydrogen-bond donors (Lipinski definition) is 1. The summed E-state index contributed by atoms with van der Waals surface area (Å²) in [5.74, 6) is 1.17. The van der Waals surface area contributed by atoms with Crippen LogP contribution in [0.2, 0.25) is 0 Å². The van der Waals surface area contributed by atoms with Gasteiger partial charge in [0, 0.05) is 25.6 Å². The first kappa shape index (κ1) is 24.9. The number of carbonyl (C=O) groups is 1. The summed E-state index contributed by atoms with van der Waals surface area (Å²) < 4.78 is 0. The molecule has 0 aliphatic carbocycles. The molecule has 3 unspecified atom stereocenters. The van der Waals surface area contributed by atoms with E-state index in [0.29, 0.717) is 11.8 Å². The fourth-order valence-corrected chi connectivity index (χ4v) is 6.29. The summed E-state index contributed by atoms with van der Waals surface area (Å²) in [5, 5.41) is 9.89. The SMILES string of the molecule is CC(C)C(C(=O)O)N1CC(CN2CCC(CCCc3ccccc3)CC2)C(c2ccccc2)C1. The summed E-state index contributed by atoms with van der Waals surface area (Å²) in [6.45, 7) is 9.24. The van der Waals surface area contributed by atoms with E-state index in [0.717, 1.165) is 25.6 Å². The van der Waals surface area contributed by atoms with Crippen molar-refractivity contribution in [2.45, 2.75) is 57.9 Å². The van der Waals surface area contributed by atoms with E-state index < -0.39 is 12.0 Å². The Morgan fingerprint density at radius 1 is 0.971 bits per heavy atom. The summed E-state index contributed by atoms with van der Waals surface area (Å²) in [4.78, 5) is 16.9. The number of aryl methyl sites for hydroxylation is 1. The van der Waals surface area contributed by atoms with Crippen LogP contribution in [-0.4, -0.2) is 59.6 Å². The summed E-state index contributed by atoms with van der Waals surface area (Å²) in [6, 6.07) is 21.2. The quantitative estimate of drug-likeness (QED) is 0.503. The number of rotatable bonds is 10. The van der Waals surface area contributed by atoms with E-state index in [1.807, 2.05) is 13.8 Å². The molecule has 34 heavy (non-hydrogen) atoms. The second-order valence-corrected chi connectivity index (χ2v) is 10.9. The van der Waals surface area contributed by atoms with Crippen LogP contribution in [0.25, 0.3) is 0 Å². The summed E-state index contributed by atoms with van der Waals surface area (Å²) >= 11 is 0. The molecule has 0 spiro atoms. The van der Waals surface area contributed by atoms with Gasteiger partial charge in [0.05, 0.1) is 0 Å². The molecule has 184 valence electrons. The van der Waals surface area contributed by atoms with Gasteiger partial charge in [-0.2, -0.15) is 0 Å². The molecular formula is C30H42N2O2. The van der Waals surface area contributed by atoms with Crippen LogP contribution in [0.1, 0.15) is 56.6 Å². The molecule has 0 bridgehead atoms. The molecule has 1 N–H and O–H groups in total. The molecule has 4 nitrogen and oxygen atoms in total. The van der Waals surface area contributed by atoms with Crippen LogP contribution < -0.4 is 0 Å². The summed E-state index contributed by atoms with van der Waals surface area (Å²) in [7, 11) is 0. The van der Waals surface area contributed by atoms with E-state index in [2.05, 4.69) is 70.5 Å². The minimum absolute atomic E-state index is 0.110. The van der Waals surface area contributed by atoms with Crippen LogP contribution in [0, 0.1) is 17.8 Å². The number of benzene rings is 2. The Morgan fingerprint density at radius 2 is 1.62 bits per heavy atom. The first-order chi connectivity index (χ1) is 16.5. The Labute approximate surface area is 206 Å². The van der Waals surface area contributed by atoms with Crippen molar-refractivity contribution in [1.29, 1.82) is 0 Å². The molecule has 2 heterocycles. The van der Waals surface area contributed by atoms with E-state index in [-0.39, 0.29) is 5.92 Å². The van der Waals surface area contributed by atoms with Crippen LogP contribution in [0.4, 0.5) is 0 Å². The highest BCUT2D eigenvalue weighted by atomic mass is 16.4.